The van der Waals surface area contributed by atoms with E-state index in [1.165, 1.54) is 5.56 Å². The fraction of sp³-hybridized carbons (Fsp3) is 0.0870. The van der Waals surface area contributed by atoms with Gasteiger partial charge in [-0.1, -0.05) is 94.4 Å². The molecule has 0 fully saturated rings. The van der Waals surface area contributed by atoms with E-state index in [4.69, 9.17) is 9.72 Å². The summed E-state index contributed by atoms with van der Waals surface area (Å²) in [6.45, 7) is 0. The second kappa shape index (κ2) is 8.45. The molecule has 0 amide bonds. The van der Waals surface area contributed by atoms with E-state index >= 15 is 0 Å². The lowest BCUT2D eigenvalue weighted by atomic mass is 10.1. The third-order valence-electron chi connectivity index (χ3n) is 4.73. The molecule has 0 aliphatic carbocycles. The Kier molecular flexibility index (Phi) is 5.38. The largest absolute Gasteiger partial charge is 0.448 e. The molecule has 0 bridgehead atoms. The Morgan fingerprint density at radius 3 is 2.53 bits per heavy atom. The molecule has 3 aromatic carbocycles. The number of hydrogen-bond donors (Lipinski definition) is 1. The summed E-state index contributed by atoms with van der Waals surface area (Å²) >= 11 is 5.17. The predicted molar refractivity (Wildman–Crippen MR) is 122 cm³/mol. The highest BCUT2D eigenvalue weighted by Crippen LogP contribution is 2.40. The first-order chi connectivity index (χ1) is 14.8. The number of benzene rings is 3. The summed E-state index contributed by atoms with van der Waals surface area (Å²) in [6, 6.07) is 26.2. The number of anilines is 1. The van der Waals surface area contributed by atoms with Gasteiger partial charge in [0, 0.05) is 27.0 Å². The van der Waals surface area contributed by atoms with E-state index < -0.39 is 6.23 Å². The number of nitrogens with zero attached hydrogens (tertiary/aromatic N) is 3. The SMILES string of the molecule is Brc1ccccc1C1Nc2ccccc2-c2nnc(SCc3ccccc3)nc2O1. The highest BCUT2D eigenvalue weighted by Gasteiger charge is 2.26. The first-order valence-electron chi connectivity index (χ1n) is 9.46. The van der Waals surface area contributed by atoms with Crippen LogP contribution in [-0.4, -0.2) is 15.2 Å². The van der Waals surface area contributed by atoms with Crippen LogP contribution in [0.25, 0.3) is 11.3 Å². The molecular weight excluding hydrogens is 460 g/mol. The van der Waals surface area contributed by atoms with Crippen molar-refractivity contribution in [2.24, 2.45) is 0 Å². The van der Waals surface area contributed by atoms with Crippen molar-refractivity contribution in [3.05, 3.63) is 94.5 Å². The van der Waals surface area contributed by atoms with E-state index in [1.54, 1.807) is 11.8 Å². The number of nitrogens with one attached hydrogen (secondary N) is 1. The van der Waals surface area contributed by atoms with E-state index in [1.807, 2.05) is 66.7 Å². The number of halogens is 1. The van der Waals surface area contributed by atoms with Gasteiger partial charge in [0.15, 0.2) is 11.9 Å². The van der Waals surface area contributed by atoms with E-state index in [0.29, 0.717) is 16.7 Å². The Balaban J connectivity index is 1.52. The van der Waals surface area contributed by atoms with Gasteiger partial charge < -0.3 is 10.1 Å². The molecule has 1 atom stereocenters. The van der Waals surface area contributed by atoms with Gasteiger partial charge in [-0.15, -0.1) is 10.2 Å². The molecule has 30 heavy (non-hydrogen) atoms. The summed E-state index contributed by atoms with van der Waals surface area (Å²) in [6.07, 6.45) is -0.411. The summed E-state index contributed by atoms with van der Waals surface area (Å²) in [4.78, 5) is 4.70. The van der Waals surface area contributed by atoms with Crippen LogP contribution in [0, 0.1) is 0 Å². The monoisotopic (exact) mass is 476 g/mol. The van der Waals surface area contributed by atoms with Crippen molar-refractivity contribution in [3.63, 3.8) is 0 Å². The summed E-state index contributed by atoms with van der Waals surface area (Å²) in [7, 11) is 0. The lowest BCUT2D eigenvalue weighted by Gasteiger charge is -2.20. The molecule has 0 saturated carbocycles. The molecular formula is C23H17BrN4OS. The molecule has 1 unspecified atom stereocenters. The van der Waals surface area contributed by atoms with Crippen molar-refractivity contribution in [2.75, 3.05) is 5.32 Å². The fourth-order valence-corrected chi connectivity index (χ4v) is 4.49. The second-order valence-corrected chi connectivity index (χ2v) is 8.53. The molecule has 5 nitrogen and oxygen atoms in total. The van der Waals surface area contributed by atoms with Crippen molar-refractivity contribution >= 4 is 33.4 Å². The molecule has 2 heterocycles. The molecule has 0 saturated heterocycles. The first kappa shape index (κ1) is 19.1. The molecule has 1 aromatic heterocycles. The number of para-hydroxylation sites is 1. The van der Waals surface area contributed by atoms with Crippen LogP contribution < -0.4 is 10.1 Å². The summed E-state index contributed by atoms with van der Waals surface area (Å²) < 4.78 is 7.29. The van der Waals surface area contributed by atoms with Gasteiger partial charge in [-0.2, -0.15) is 4.98 Å². The minimum Gasteiger partial charge on any atom is -0.448 e. The molecule has 1 N–H and O–H groups in total. The van der Waals surface area contributed by atoms with Crippen molar-refractivity contribution in [1.29, 1.82) is 0 Å². The molecule has 4 aromatic rings. The third kappa shape index (κ3) is 3.91. The normalized spacial score (nSPS) is 14.6. The van der Waals surface area contributed by atoms with Crippen LogP contribution in [0.4, 0.5) is 5.69 Å². The highest BCUT2D eigenvalue weighted by atomic mass is 79.9. The molecule has 7 heteroatoms. The van der Waals surface area contributed by atoms with Crippen LogP contribution in [0.5, 0.6) is 5.88 Å². The molecule has 1 aliphatic heterocycles. The van der Waals surface area contributed by atoms with Gasteiger partial charge >= 0.3 is 0 Å². The molecule has 5 rings (SSSR count). The Hall–Kier alpha value is -2.90. The maximum absolute atomic E-state index is 6.33. The van der Waals surface area contributed by atoms with Gasteiger partial charge in [0.2, 0.25) is 11.0 Å². The second-order valence-electron chi connectivity index (χ2n) is 6.73. The zero-order valence-corrected chi connectivity index (χ0v) is 18.2. The summed E-state index contributed by atoms with van der Waals surface area (Å²) in [5, 5.41) is 12.9. The number of rotatable bonds is 4. The van der Waals surface area contributed by atoms with Gasteiger partial charge in [0.05, 0.1) is 0 Å². The topological polar surface area (TPSA) is 59.9 Å². The van der Waals surface area contributed by atoms with Gasteiger partial charge in [-0.25, -0.2) is 0 Å². The Morgan fingerprint density at radius 1 is 0.900 bits per heavy atom. The Morgan fingerprint density at radius 2 is 1.67 bits per heavy atom. The average molecular weight is 477 g/mol. The number of thioether (sulfide) groups is 1. The van der Waals surface area contributed by atoms with Crippen LogP contribution >= 0.6 is 27.7 Å². The van der Waals surface area contributed by atoms with Crippen LogP contribution in [0.15, 0.2) is 88.5 Å². The zero-order valence-electron chi connectivity index (χ0n) is 15.8. The highest BCUT2D eigenvalue weighted by molar-refractivity contribution is 9.10. The lowest BCUT2D eigenvalue weighted by molar-refractivity contribution is 0.224. The van der Waals surface area contributed by atoms with Crippen molar-refractivity contribution < 1.29 is 4.74 Å². The Labute approximate surface area is 187 Å². The number of hydrogen-bond acceptors (Lipinski definition) is 6. The standard InChI is InChI=1S/C23H17BrN4OS/c24-18-12-6-4-10-16(18)21-25-19-13-7-5-11-17(19)20-22(29-21)26-23(28-27-20)30-14-15-8-2-1-3-9-15/h1-13,21,25H,14H2. The minimum absolute atomic E-state index is 0.411. The maximum Gasteiger partial charge on any atom is 0.247 e. The van der Waals surface area contributed by atoms with E-state index in [0.717, 1.165) is 27.0 Å². The van der Waals surface area contributed by atoms with Gasteiger partial charge in [0.25, 0.3) is 0 Å². The zero-order chi connectivity index (χ0) is 20.3. The van der Waals surface area contributed by atoms with Gasteiger partial charge in [-0.3, -0.25) is 0 Å². The molecule has 1 aliphatic rings. The molecule has 0 spiro atoms. The minimum atomic E-state index is -0.411. The average Bonchev–Trinajstić information content (AvgIpc) is 2.95. The van der Waals surface area contributed by atoms with Crippen LogP contribution in [0.2, 0.25) is 0 Å². The Bertz CT molecular complexity index is 1190. The lowest BCUT2D eigenvalue weighted by Crippen LogP contribution is -2.17. The first-order valence-corrected chi connectivity index (χ1v) is 11.2. The van der Waals surface area contributed by atoms with Crippen LogP contribution in [-0.2, 0) is 5.75 Å². The summed E-state index contributed by atoms with van der Waals surface area (Å²) in [5.74, 6) is 1.24. The third-order valence-corrected chi connectivity index (χ3v) is 6.36. The van der Waals surface area contributed by atoms with Crippen LogP contribution in [0.3, 0.4) is 0 Å². The van der Waals surface area contributed by atoms with E-state index in [-0.39, 0.29) is 0 Å². The fourth-order valence-electron chi connectivity index (χ4n) is 3.26. The van der Waals surface area contributed by atoms with Crippen molar-refractivity contribution in [2.45, 2.75) is 17.1 Å². The number of fused-ring (bicyclic) bond motifs is 3. The molecule has 148 valence electrons. The van der Waals surface area contributed by atoms with E-state index in [9.17, 15) is 0 Å². The van der Waals surface area contributed by atoms with E-state index in [2.05, 4.69) is 43.6 Å². The van der Waals surface area contributed by atoms with Gasteiger partial charge in [-0.05, 0) is 17.7 Å². The van der Waals surface area contributed by atoms with Crippen LogP contribution in [0.1, 0.15) is 17.4 Å². The summed E-state index contributed by atoms with van der Waals surface area (Å²) in [5.41, 5.74) is 4.67. The molecule has 0 radical (unpaired) electrons. The predicted octanol–water partition coefficient (Wildman–Crippen LogP) is 6.10. The maximum atomic E-state index is 6.33. The smallest absolute Gasteiger partial charge is 0.247 e. The number of ether oxygens (including phenoxy) is 1. The van der Waals surface area contributed by atoms with Gasteiger partial charge in [0.1, 0.15) is 0 Å². The number of aromatic nitrogens is 3. The van der Waals surface area contributed by atoms with Crippen molar-refractivity contribution in [1.82, 2.24) is 15.2 Å². The van der Waals surface area contributed by atoms with Crippen molar-refractivity contribution in [3.8, 4) is 17.1 Å². The quantitative estimate of drug-likeness (QED) is 0.359.